The van der Waals surface area contributed by atoms with E-state index in [1.54, 1.807) is 12.1 Å². The Kier molecular flexibility index (Phi) is 5.58. The van der Waals surface area contributed by atoms with Gasteiger partial charge in [0.05, 0.1) is 4.90 Å². The molecule has 0 bridgehead atoms. The fraction of sp³-hybridized carbons (Fsp3) is 0.562. The quantitative estimate of drug-likeness (QED) is 0.875. The third-order valence-electron chi connectivity index (χ3n) is 4.15. The first-order valence-electron chi connectivity index (χ1n) is 7.72. The smallest absolute Gasteiger partial charge is 0.242 e. The number of anilines is 1. The standard InChI is InChI=1S/C16H24N2O3S/c1-18(2)22(20,21)15-9-5-8-14(12-15)17-16(19)11-10-13-6-3-4-7-13/h5,8-9,12-13H,3-4,6-7,10-11H2,1-2H3,(H,17,19). The summed E-state index contributed by atoms with van der Waals surface area (Å²) in [6.07, 6.45) is 6.41. The van der Waals surface area contributed by atoms with Gasteiger partial charge in [0, 0.05) is 26.2 Å². The highest BCUT2D eigenvalue weighted by Crippen LogP contribution is 2.28. The molecule has 1 aliphatic carbocycles. The summed E-state index contributed by atoms with van der Waals surface area (Å²) in [6, 6.07) is 6.39. The van der Waals surface area contributed by atoms with Gasteiger partial charge in [-0.2, -0.15) is 0 Å². The fourth-order valence-electron chi connectivity index (χ4n) is 2.80. The molecular formula is C16H24N2O3S. The molecule has 0 aromatic heterocycles. The fourth-order valence-corrected chi connectivity index (χ4v) is 3.75. The number of benzene rings is 1. The first-order chi connectivity index (χ1) is 10.4. The molecule has 6 heteroatoms. The molecular weight excluding hydrogens is 300 g/mol. The van der Waals surface area contributed by atoms with E-state index >= 15 is 0 Å². The molecule has 1 fully saturated rings. The topological polar surface area (TPSA) is 66.5 Å². The Morgan fingerprint density at radius 2 is 1.95 bits per heavy atom. The maximum atomic E-state index is 12.1. The third-order valence-corrected chi connectivity index (χ3v) is 5.96. The van der Waals surface area contributed by atoms with Crippen molar-refractivity contribution in [3.05, 3.63) is 24.3 Å². The molecule has 22 heavy (non-hydrogen) atoms. The van der Waals surface area contributed by atoms with Crippen LogP contribution in [-0.2, 0) is 14.8 Å². The van der Waals surface area contributed by atoms with Crippen molar-refractivity contribution in [1.29, 1.82) is 0 Å². The summed E-state index contributed by atoms with van der Waals surface area (Å²) in [5.74, 6) is 0.623. The van der Waals surface area contributed by atoms with Crippen LogP contribution >= 0.6 is 0 Å². The highest BCUT2D eigenvalue weighted by molar-refractivity contribution is 7.89. The lowest BCUT2D eigenvalue weighted by Crippen LogP contribution is -2.22. The van der Waals surface area contributed by atoms with Gasteiger partial charge in [0.1, 0.15) is 0 Å². The molecule has 2 rings (SSSR count). The van der Waals surface area contributed by atoms with Crippen molar-refractivity contribution in [2.75, 3.05) is 19.4 Å². The minimum atomic E-state index is -3.48. The highest BCUT2D eigenvalue weighted by atomic mass is 32.2. The van der Waals surface area contributed by atoms with Gasteiger partial charge in [-0.3, -0.25) is 4.79 Å². The number of rotatable bonds is 6. The van der Waals surface area contributed by atoms with E-state index in [0.29, 0.717) is 18.0 Å². The van der Waals surface area contributed by atoms with Crippen molar-refractivity contribution in [2.45, 2.75) is 43.4 Å². The van der Waals surface area contributed by atoms with Crippen LogP contribution in [0.4, 0.5) is 5.69 Å². The maximum absolute atomic E-state index is 12.1. The van der Waals surface area contributed by atoms with Crippen LogP contribution in [0, 0.1) is 5.92 Å². The summed E-state index contributed by atoms with van der Waals surface area (Å²) in [7, 11) is -0.502. The van der Waals surface area contributed by atoms with E-state index in [4.69, 9.17) is 0 Å². The summed E-state index contributed by atoms with van der Waals surface area (Å²) in [4.78, 5) is 12.2. The predicted molar refractivity (Wildman–Crippen MR) is 87.1 cm³/mol. The number of hydrogen-bond donors (Lipinski definition) is 1. The highest BCUT2D eigenvalue weighted by Gasteiger charge is 2.18. The molecule has 1 aliphatic rings. The number of hydrogen-bond acceptors (Lipinski definition) is 3. The predicted octanol–water partition coefficient (Wildman–Crippen LogP) is 2.85. The van der Waals surface area contributed by atoms with Gasteiger partial charge >= 0.3 is 0 Å². The largest absolute Gasteiger partial charge is 0.326 e. The lowest BCUT2D eigenvalue weighted by atomic mass is 10.0. The Morgan fingerprint density at radius 3 is 2.59 bits per heavy atom. The zero-order chi connectivity index (χ0) is 16.2. The molecule has 122 valence electrons. The van der Waals surface area contributed by atoms with Crippen molar-refractivity contribution in [2.24, 2.45) is 5.92 Å². The number of nitrogens with one attached hydrogen (secondary N) is 1. The van der Waals surface area contributed by atoms with Gasteiger partial charge in [-0.05, 0) is 30.5 Å². The Balaban J connectivity index is 1.96. The number of nitrogens with zero attached hydrogens (tertiary/aromatic N) is 1. The van der Waals surface area contributed by atoms with Gasteiger partial charge in [0.2, 0.25) is 15.9 Å². The Hall–Kier alpha value is -1.40. The minimum absolute atomic E-state index is 0.0497. The van der Waals surface area contributed by atoms with Gasteiger partial charge in [0.25, 0.3) is 0 Å². The maximum Gasteiger partial charge on any atom is 0.242 e. The average molecular weight is 324 g/mol. The molecule has 0 atom stereocenters. The molecule has 0 spiro atoms. The number of sulfonamides is 1. The van der Waals surface area contributed by atoms with Gasteiger partial charge in [-0.25, -0.2) is 12.7 Å². The second-order valence-corrected chi connectivity index (χ2v) is 8.20. The van der Waals surface area contributed by atoms with Crippen LogP contribution < -0.4 is 5.32 Å². The van der Waals surface area contributed by atoms with Crippen molar-refractivity contribution in [1.82, 2.24) is 4.31 Å². The van der Waals surface area contributed by atoms with Crippen molar-refractivity contribution in [3.8, 4) is 0 Å². The molecule has 0 radical (unpaired) electrons. The van der Waals surface area contributed by atoms with Crippen LogP contribution in [0.1, 0.15) is 38.5 Å². The van der Waals surface area contributed by atoms with Crippen LogP contribution in [0.3, 0.4) is 0 Å². The Labute approximate surface area is 132 Å². The van der Waals surface area contributed by atoms with Crippen LogP contribution in [0.15, 0.2) is 29.2 Å². The van der Waals surface area contributed by atoms with E-state index in [1.165, 1.54) is 51.9 Å². The number of amides is 1. The van der Waals surface area contributed by atoms with Gasteiger partial charge in [0.15, 0.2) is 0 Å². The molecule has 5 nitrogen and oxygen atoms in total. The molecule has 0 unspecified atom stereocenters. The van der Waals surface area contributed by atoms with Crippen LogP contribution in [0.5, 0.6) is 0 Å². The SMILES string of the molecule is CN(C)S(=O)(=O)c1cccc(NC(=O)CCC2CCCC2)c1. The average Bonchev–Trinajstić information content (AvgIpc) is 2.98. The van der Waals surface area contributed by atoms with E-state index in [-0.39, 0.29) is 10.8 Å². The van der Waals surface area contributed by atoms with E-state index < -0.39 is 10.0 Å². The zero-order valence-corrected chi connectivity index (χ0v) is 14.0. The third kappa shape index (κ3) is 4.30. The summed E-state index contributed by atoms with van der Waals surface area (Å²) in [6.45, 7) is 0. The van der Waals surface area contributed by atoms with E-state index in [0.717, 1.165) is 10.7 Å². The number of carbonyl (C=O) groups excluding carboxylic acids is 1. The second kappa shape index (κ2) is 7.24. The molecule has 0 heterocycles. The summed E-state index contributed by atoms with van der Waals surface area (Å²) in [5, 5.41) is 2.80. The van der Waals surface area contributed by atoms with E-state index in [2.05, 4.69) is 5.32 Å². The molecule has 0 aliphatic heterocycles. The van der Waals surface area contributed by atoms with E-state index in [9.17, 15) is 13.2 Å². The zero-order valence-electron chi connectivity index (χ0n) is 13.2. The van der Waals surface area contributed by atoms with Crippen LogP contribution in [-0.4, -0.2) is 32.7 Å². The van der Waals surface area contributed by atoms with E-state index in [1.807, 2.05) is 0 Å². The van der Waals surface area contributed by atoms with Crippen molar-refractivity contribution in [3.63, 3.8) is 0 Å². The molecule has 1 amide bonds. The van der Waals surface area contributed by atoms with Crippen molar-refractivity contribution < 1.29 is 13.2 Å². The Morgan fingerprint density at radius 1 is 1.27 bits per heavy atom. The monoisotopic (exact) mass is 324 g/mol. The summed E-state index contributed by atoms with van der Waals surface area (Å²) in [5.41, 5.74) is 0.527. The second-order valence-electron chi connectivity index (χ2n) is 6.05. The number of carbonyl (C=O) groups is 1. The minimum Gasteiger partial charge on any atom is -0.326 e. The van der Waals surface area contributed by atoms with Gasteiger partial charge in [-0.1, -0.05) is 31.7 Å². The lowest BCUT2D eigenvalue weighted by molar-refractivity contribution is -0.116. The first-order valence-corrected chi connectivity index (χ1v) is 9.16. The molecule has 1 aromatic rings. The molecule has 1 aromatic carbocycles. The Bertz CT molecular complexity index is 620. The van der Waals surface area contributed by atoms with Crippen molar-refractivity contribution >= 4 is 21.6 Å². The first kappa shape index (κ1) is 17.0. The summed E-state index contributed by atoms with van der Waals surface area (Å²) >= 11 is 0. The molecule has 1 N–H and O–H groups in total. The lowest BCUT2D eigenvalue weighted by Gasteiger charge is -2.13. The summed E-state index contributed by atoms with van der Waals surface area (Å²) < 4.78 is 25.3. The van der Waals surface area contributed by atoms with Crippen LogP contribution in [0.2, 0.25) is 0 Å². The van der Waals surface area contributed by atoms with Crippen LogP contribution in [0.25, 0.3) is 0 Å². The molecule has 1 saturated carbocycles. The molecule has 0 saturated heterocycles. The van der Waals surface area contributed by atoms with Gasteiger partial charge in [-0.15, -0.1) is 0 Å². The van der Waals surface area contributed by atoms with Gasteiger partial charge < -0.3 is 5.32 Å². The normalized spacial score (nSPS) is 16.1.